The standard InChI is InChI=1S/C16H25N3O2S2/c1-5-6-22-14-13(17-23-18-14)21-12-8-11-7-10(12)9-19(11)15(20)16(2,3)4/h10-12H,5-9H2,1-4H3. The number of rotatable bonds is 5. The number of carbonyl (C=O) groups excluding carboxylic acids is 1. The van der Waals surface area contributed by atoms with E-state index in [1.165, 1.54) is 11.7 Å². The van der Waals surface area contributed by atoms with Crippen LogP contribution in [0.4, 0.5) is 0 Å². The van der Waals surface area contributed by atoms with Crippen LogP contribution in [-0.4, -0.2) is 44.0 Å². The molecule has 0 spiro atoms. The lowest BCUT2D eigenvalue weighted by molar-refractivity contribution is -0.142. The molecule has 0 N–H and O–H groups in total. The number of fused-ring (bicyclic) bond motifs is 2. The van der Waals surface area contributed by atoms with Crippen LogP contribution in [0.25, 0.3) is 0 Å². The molecule has 3 unspecified atom stereocenters. The minimum absolute atomic E-state index is 0.175. The predicted molar refractivity (Wildman–Crippen MR) is 93.0 cm³/mol. The van der Waals surface area contributed by atoms with Gasteiger partial charge >= 0.3 is 0 Å². The molecular weight excluding hydrogens is 330 g/mol. The van der Waals surface area contributed by atoms with Gasteiger partial charge in [0.15, 0.2) is 5.03 Å². The van der Waals surface area contributed by atoms with Gasteiger partial charge in [-0.15, -0.1) is 4.37 Å². The molecule has 23 heavy (non-hydrogen) atoms. The van der Waals surface area contributed by atoms with Crippen molar-refractivity contribution in [2.45, 2.75) is 64.1 Å². The molecule has 0 aromatic carbocycles. The molecule has 128 valence electrons. The Balaban J connectivity index is 1.60. The number of thioether (sulfide) groups is 1. The number of hydrogen-bond acceptors (Lipinski definition) is 6. The molecule has 2 bridgehead atoms. The summed E-state index contributed by atoms with van der Waals surface area (Å²) >= 11 is 2.93. The van der Waals surface area contributed by atoms with Crippen molar-refractivity contribution in [1.82, 2.24) is 13.6 Å². The van der Waals surface area contributed by atoms with E-state index >= 15 is 0 Å². The second kappa shape index (κ2) is 6.59. The van der Waals surface area contributed by atoms with Gasteiger partial charge in [-0.1, -0.05) is 39.5 Å². The molecule has 1 saturated carbocycles. The largest absolute Gasteiger partial charge is 0.471 e. The van der Waals surface area contributed by atoms with E-state index in [4.69, 9.17) is 4.74 Å². The lowest BCUT2D eigenvalue weighted by Crippen LogP contribution is -2.47. The fourth-order valence-electron chi connectivity index (χ4n) is 3.41. The number of hydrogen-bond donors (Lipinski definition) is 0. The van der Waals surface area contributed by atoms with Crippen molar-refractivity contribution in [2.75, 3.05) is 12.3 Å². The fraction of sp³-hybridized carbons (Fsp3) is 0.812. The molecule has 5 nitrogen and oxygen atoms in total. The van der Waals surface area contributed by atoms with Crippen LogP contribution in [0.5, 0.6) is 5.88 Å². The Hall–Kier alpha value is -0.820. The zero-order valence-corrected chi connectivity index (χ0v) is 15.9. The number of aromatic nitrogens is 2. The van der Waals surface area contributed by atoms with Crippen molar-refractivity contribution < 1.29 is 9.53 Å². The second-order valence-electron chi connectivity index (χ2n) is 7.47. The van der Waals surface area contributed by atoms with Crippen LogP contribution < -0.4 is 4.74 Å². The van der Waals surface area contributed by atoms with Crippen LogP contribution in [-0.2, 0) is 4.79 Å². The summed E-state index contributed by atoms with van der Waals surface area (Å²) in [5.74, 6) is 2.42. The van der Waals surface area contributed by atoms with Crippen molar-refractivity contribution in [3.05, 3.63) is 0 Å². The highest BCUT2D eigenvalue weighted by Gasteiger charge is 2.49. The molecule has 2 heterocycles. The van der Waals surface area contributed by atoms with Crippen molar-refractivity contribution in [2.24, 2.45) is 11.3 Å². The maximum absolute atomic E-state index is 12.5. The summed E-state index contributed by atoms with van der Waals surface area (Å²) in [6, 6.07) is 0.329. The Kier molecular flexibility index (Phi) is 4.88. The van der Waals surface area contributed by atoms with Gasteiger partial charge in [0.2, 0.25) is 5.91 Å². The third kappa shape index (κ3) is 3.50. The number of likely N-dealkylation sites (tertiary alicyclic amines) is 1. The summed E-state index contributed by atoms with van der Waals surface area (Å²) in [6.07, 6.45) is 3.26. The molecule has 1 amide bonds. The van der Waals surface area contributed by atoms with E-state index in [1.54, 1.807) is 11.8 Å². The lowest BCUT2D eigenvalue weighted by Gasteiger charge is -2.35. The third-order valence-corrected chi connectivity index (χ3v) is 6.29. The highest BCUT2D eigenvalue weighted by molar-refractivity contribution is 7.99. The first kappa shape index (κ1) is 17.0. The van der Waals surface area contributed by atoms with Crippen molar-refractivity contribution in [3.63, 3.8) is 0 Å². The lowest BCUT2D eigenvalue weighted by atomic mass is 9.93. The van der Waals surface area contributed by atoms with Crippen LogP contribution in [0.1, 0.15) is 47.0 Å². The molecule has 0 radical (unpaired) electrons. The second-order valence-corrected chi connectivity index (χ2v) is 9.08. The minimum atomic E-state index is -0.302. The van der Waals surface area contributed by atoms with Gasteiger partial charge in [-0.05, 0) is 18.6 Å². The summed E-state index contributed by atoms with van der Waals surface area (Å²) < 4.78 is 14.8. The average molecular weight is 356 g/mol. The first-order valence-electron chi connectivity index (χ1n) is 8.33. The molecular formula is C16H25N3O2S2. The summed E-state index contributed by atoms with van der Waals surface area (Å²) in [5.41, 5.74) is -0.302. The van der Waals surface area contributed by atoms with Crippen LogP contribution in [0.2, 0.25) is 0 Å². The van der Waals surface area contributed by atoms with E-state index < -0.39 is 0 Å². The first-order chi connectivity index (χ1) is 10.9. The number of nitrogens with zero attached hydrogens (tertiary/aromatic N) is 3. The van der Waals surface area contributed by atoms with Crippen LogP contribution in [0, 0.1) is 11.3 Å². The summed E-state index contributed by atoms with van der Waals surface area (Å²) in [5, 5.41) is 0.919. The Labute approximate surface area is 146 Å². The summed E-state index contributed by atoms with van der Waals surface area (Å²) in [4.78, 5) is 14.6. The zero-order chi connectivity index (χ0) is 16.6. The Bertz CT molecular complexity index is 570. The number of ether oxygens (including phenoxy) is 1. The van der Waals surface area contributed by atoms with Gasteiger partial charge in [0.1, 0.15) is 6.10 Å². The van der Waals surface area contributed by atoms with E-state index in [9.17, 15) is 4.79 Å². The molecule has 1 aromatic rings. The van der Waals surface area contributed by atoms with Gasteiger partial charge in [-0.3, -0.25) is 4.79 Å². The quantitative estimate of drug-likeness (QED) is 0.757. The van der Waals surface area contributed by atoms with Crippen LogP contribution in [0.3, 0.4) is 0 Å². The van der Waals surface area contributed by atoms with Crippen molar-refractivity contribution in [3.8, 4) is 5.88 Å². The van der Waals surface area contributed by atoms with Gasteiger partial charge in [0.25, 0.3) is 5.88 Å². The van der Waals surface area contributed by atoms with Crippen molar-refractivity contribution in [1.29, 1.82) is 0 Å². The highest BCUT2D eigenvalue weighted by atomic mass is 32.2. The topological polar surface area (TPSA) is 55.3 Å². The molecule has 1 aromatic heterocycles. The van der Waals surface area contributed by atoms with Crippen LogP contribution in [0.15, 0.2) is 5.03 Å². The molecule has 1 aliphatic heterocycles. The monoisotopic (exact) mass is 355 g/mol. The van der Waals surface area contributed by atoms with Crippen LogP contribution >= 0.6 is 23.5 Å². The van der Waals surface area contributed by atoms with E-state index in [2.05, 4.69) is 20.6 Å². The predicted octanol–water partition coefficient (Wildman–Crippen LogP) is 3.45. The van der Waals surface area contributed by atoms with Gasteiger partial charge in [-0.25, -0.2) is 0 Å². The molecule has 2 fully saturated rings. The molecule has 1 saturated heterocycles. The highest BCUT2D eigenvalue weighted by Crippen LogP contribution is 2.42. The molecule has 3 atom stereocenters. The van der Waals surface area contributed by atoms with E-state index in [1.807, 2.05) is 20.8 Å². The zero-order valence-electron chi connectivity index (χ0n) is 14.2. The number of amides is 1. The molecule has 3 rings (SSSR count). The minimum Gasteiger partial charge on any atom is -0.471 e. The summed E-state index contributed by atoms with van der Waals surface area (Å²) in [6.45, 7) is 8.96. The van der Waals surface area contributed by atoms with E-state index in [0.717, 1.165) is 36.6 Å². The summed E-state index contributed by atoms with van der Waals surface area (Å²) in [7, 11) is 0. The Morgan fingerprint density at radius 3 is 2.78 bits per heavy atom. The third-order valence-electron chi connectivity index (χ3n) is 4.52. The smallest absolute Gasteiger partial charge is 0.260 e. The Morgan fingerprint density at radius 2 is 2.17 bits per heavy atom. The number of piperidine rings is 1. The average Bonchev–Trinajstić information content (AvgIpc) is 3.18. The number of carbonyl (C=O) groups is 1. The van der Waals surface area contributed by atoms with E-state index in [0.29, 0.717) is 17.8 Å². The van der Waals surface area contributed by atoms with Gasteiger partial charge in [-0.2, -0.15) is 4.37 Å². The maximum Gasteiger partial charge on any atom is 0.260 e. The Morgan fingerprint density at radius 1 is 1.39 bits per heavy atom. The SMILES string of the molecule is CCCSc1nsnc1OC1CC2CC1CN2C(=O)C(C)(C)C. The molecule has 1 aliphatic carbocycles. The maximum atomic E-state index is 12.5. The first-order valence-corrected chi connectivity index (χ1v) is 10.0. The fourth-order valence-corrected chi connectivity index (χ4v) is 4.79. The van der Waals surface area contributed by atoms with Crippen molar-refractivity contribution >= 4 is 29.4 Å². The van der Waals surface area contributed by atoms with Gasteiger partial charge in [0.05, 0.1) is 11.7 Å². The normalized spacial score (nSPS) is 26.8. The van der Waals surface area contributed by atoms with Gasteiger partial charge in [0, 0.05) is 30.3 Å². The molecule has 7 heteroatoms. The molecule has 2 aliphatic rings. The van der Waals surface area contributed by atoms with E-state index in [-0.39, 0.29) is 17.4 Å². The van der Waals surface area contributed by atoms with Gasteiger partial charge < -0.3 is 9.64 Å².